The summed E-state index contributed by atoms with van der Waals surface area (Å²) in [5.41, 5.74) is 11.8. The van der Waals surface area contributed by atoms with Crippen LogP contribution in [-0.4, -0.2) is 18.8 Å². The van der Waals surface area contributed by atoms with Crippen molar-refractivity contribution in [1.29, 1.82) is 0 Å². The van der Waals surface area contributed by atoms with E-state index in [-0.39, 0.29) is 10.9 Å². The Balaban J connectivity index is 1.23. The van der Waals surface area contributed by atoms with Gasteiger partial charge < -0.3 is 8.80 Å². The van der Waals surface area contributed by atoms with Crippen molar-refractivity contribution in [2.75, 3.05) is 0 Å². The maximum absolute atomic E-state index is 15.5. The van der Waals surface area contributed by atoms with Crippen LogP contribution < -0.4 is 10.9 Å². The second kappa shape index (κ2) is 8.80. The molecule has 6 heteroatoms. The van der Waals surface area contributed by atoms with Gasteiger partial charge in [0.15, 0.2) is 10.9 Å². The van der Waals surface area contributed by atoms with Gasteiger partial charge in [0.1, 0.15) is 0 Å². The van der Waals surface area contributed by atoms with Gasteiger partial charge in [-0.25, -0.2) is 0 Å². The van der Waals surface area contributed by atoms with Gasteiger partial charge in [0.25, 0.3) is 0 Å². The Labute approximate surface area is 314 Å². The first kappa shape index (κ1) is 28.3. The van der Waals surface area contributed by atoms with Crippen molar-refractivity contribution in [2.45, 2.75) is 87.9 Å². The largest absolute Gasteiger partial charge is 0.307 e. The fourth-order valence-electron chi connectivity index (χ4n) is 16.1. The van der Waals surface area contributed by atoms with E-state index in [9.17, 15) is 0 Å². The Hall–Kier alpha value is -5.10. The van der Waals surface area contributed by atoms with Crippen LogP contribution in [0.25, 0.3) is 76.2 Å². The molecule has 0 N–H and O–H groups in total. The zero-order valence-corrected chi connectivity index (χ0v) is 30.6. The molecule has 0 radical (unpaired) electrons. The standard InChI is InChI=1S/C49H38N4O2/c54-47-29-5-1-3-7-31(29)52-32-8-4-2-6-30(32)48(55)42-40-38-34(20-51-44-26-15-28-16-27-14-25(36(38)44)17-49(27,28)18-26)53-33-19-50-43-24-12-21-9-22(13-24)11-23(10-21)35(43)37(33)39(45(40)53)41(47)46(42)52/h1-8,19-28H,9-18H2. The summed E-state index contributed by atoms with van der Waals surface area (Å²) < 4.78 is 4.74. The highest BCUT2D eigenvalue weighted by molar-refractivity contribution is 6.39. The SMILES string of the molecule is O=c1c2ccccc2n2c3ccccc3c(=O)c3c4c5c6c(ncc5n5c7cnc8c(c7c(c1c32)c45)C1CC2CC(CC8C2)C1)C1CC2CC3CC6CC23C1. The second-order valence-electron chi connectivity index (χ2n) is 19.6. The Morgan fingerprint density at radius 2 is 1.00 bits per heavy atom. The van der Waals surface area contributed by atoms with E-state index in [0.29, 0.717) is 50.6 Å². The summed E-state index contributed by atoms with van der Waals surface area (Å²) in [7, 11) is 0. The van der Waals surface area contributed by atoms with Crippen LogP contribution in [0.15, 0.2) is 70.5 Å². The van der Waals surface area contributed by atoms with Gasteiger partial charge in [-0.15, -0.1) is 0 Å². The maximum atomic E-state index is 15.5. The van der Waals surface area contributed by atoms with Crippen LogP contribution in [-0.2, 0) is 0 Å². The fourth-order valence-corrected chi connectivity index (χ4v) is 16.1. The molecular weight excluding hydrogens is 677 g/mol. The Morgan fingerprint density at radius 3 is 1.65 bits per heavy atom. The first-order valence-corrected chi connectivity index (χ1v) is 21.2. The molecule has 6 nitrogen and oxygen atoms in total. The summed E-state index contributed by atoms with van der Waals surface area (Å²) in [6, 6.07) is 16.2. The topological polar surface area (TPSA) is 68.7 Å². The number of benzene rings is 3. The molecule has 1 spiro atoms. The molecule has 7 atom stereocenters. The molecule has 266 valence electrons. The Bertz CT molecular complexity index is 3440. The van der Waals surface area contributed by atoms with E-state index < -0.39 is 0 Å². The van der Waals surface area contributed by atoms with Gasteiger partial charge >= 0.3 is 0 Å². The molecule has 6 heterocycles. The molecule has 9 aromatic rings. The van der Waals surface area contributed by atoms with Crippen LogP contribution in [0.1, 0.15) is 110 Å². The lowest BCUT2D eigenvalue weighted by molar-refractivity contribution is 0.00321. The molecule has 7 unspecified atom stereocenters. The average Bonchev–Trinajstić information content (AvgIpc) is 3.84. The third kappa shape index (κ3) is 2.89. The van der Waals surface area contributed by atoms with E-state index >= 15 is 9.59 Å². The van der Waals surface area contributed by atoms with Gasteiger partial charge in [0.05, 0.1) is 56.3 Å². The number of pyridine rings is 4. The highest BCUT2D eigenvalue weighted by atomic mass is 16.1. The van der Waals surface area contributed by atoms with Gasteiger partial charge in [-0.3, -0.25) is 19.6 Å². The predicted molar refractivity (Wildman–Crippen MR) is 217 cm³/mol. The maximum Gasteiger partial charge on any atom is 0.197 e. The van der Waals surface area contributed by atoms with E-state index in [2.05, 4.69) is 33.3 Å². The number of hydrogen-bond acceptors (Lipinski definition) is 4. The van der Waals surface area contributed by atoms with Crippen molar-refractivity contribution >= 4 is 76.2 Å². The second-order valence-corrected chi connectivity index (χ2v) is 19.6. The lowest BCUT2D eigenvalue weighted by Crippen LogP contribution is -2.41. The van der Waals surface area contributed by atoms with Crippen molar-refractivity contribution < 1.29 is 0 Å². The lowest BCUT2D eigenvalue weighted by atomic mass is 9.56. The summed E-state index contributed by atoms with van der Waals surface area (Å²) in [5.74, 6) is 5.06. The van der Waals surface area contributed by atoms with Gasteiger partial charge in [-0.2, -0.15) is 0 Å². The summed E-state index contributed by atoms with van der Waals surface area (Å²) in [5, 5.41) is 7.44. The van der Waals surface area contributed by atoms with Crippen LogP contribution in [0.4, 0.5) is 0 Å². The zero-order chi connectivity index (χ0) is 35.4. The number of hydrogen-bond donors (Lipinski definition) is 0. The van der Waals surface area contributed by atoms with Crippen LogP contribution >= 0.6 is 0 Å². The summed E-state index contributed by atoms with van der Waals surface area (Å²) in [6.07, 6.45) is 17.0. The molecule has 8 aliphatic carbocycles. The molecule has 17 rings (SSSR count). The van der Waals surface area contributed by atoms with Crippen LogP contribution in [0, 0.1) is 29.1 Å². The van der Waals surface area contributed by atoms with E-state index in [0.717, 1.165) is 67.5 Å². The minimum Gasteiger partial charge on any atom is -0.307 e. The highest BCUT2D eigenvalue weighted by Gasteiger charge is 2.66. The molecule has 7 bridgehead atoms. The van der Waals surface area contributed by atoms with Gasteiger partial charge in [0, 0.05) is 55.5 Å². The van der Waals surface area contributed by atoms with Crippen molar-refractivity contribution in [3.8, 4) is 0 Å². The van der Waals surface area contributed by atoms with Crippen molar-refractivity contribution in [2.24, 2.45) is 29.1 Å². The molecule has 8 aliphatic rings. The van der Waals surface area contributed by atoms with Crippen LogP contribution in [0.2, 0.25) is 0 Å². The smallest absolute Gasteiger partial charge is 0.197 e. The Kier molecular flexibility index (Phi) is 4.53. The number of nitrogens with zero attached hydrogens (tertiary/aromatic N) is 4. The number of fused-ring (bicyclic) bond motifs is 18. The normalized spacial score (nSPS) is 32.6. The minimum atomic E-state index is 0.0358. The van der Waals surface area contributed by atoms with Gasteiger partial charge in [-0.05, 0) is 141 Å². The van der Waals surface area contributed by atoms with Crippen molar-refractivity contribution in [3.63, 3.8) is 0 Å². The van der Waals surface area contributed by atoms with E-state index in [1.54, 1.807) is 0 Å². The predicted octanol–water partition coefficient (Wildman–Crippen LogP) is 10.3. The first-order chi connectivity index (χ1) is 27.1. The van der Waals surface area contributed by atoms with E-state index in [4.69, 9.17) is 9.97 Å². The molecule has 5 saturated carbocycles. The molecule has 0 saturated heterocycles. The molecule has 6 aromatic heterocycles. The van der Waals surface area contributed by atoms with E-state index in [1.165, 1.54) is 97.5 Å². The lowest BCUT2D eigenvalue weighted by Gasteiger charge is -2.48. The molecule has 0 amide bonds. The van der Waals surface area contributed by atoms with Crippen molar-refractivity contribution in [3.05, 3.63) is 104 Å². The zero-order valence-electron chi connectivity index (χ0n) is 30.6. The third-order valence-corrected chi connectivity index (χ3v) is 17.7. The molecule has 3 aromatic carbocycles. The molecular formula is C49H38N4O2. The average molecular weight is 715 g/mol. The third-order valence-electron chi connectivity index (χ3n) is 17.7. The minimum absolute atomic E-state index is 0.0358. The first-order valence-electron chi connectivity index (χ1n) is 21.2. The summed E-state index contributed by atoms with van der Waals surface area (Å²) in [6.45, 7) is 0. The van der Waals surface area contributed by atoms with Gasteiger partial charge in [-0.1, -0.05) is 24.3 Å². The van der Waals surface area contributed by atoms with Crippen molar-refractivity contribution in [1.82, 2.24) is 18.8 Å². The Morgan fingerprint density at radius 1 is 0.491 bits per heavy atom. The molecule has 5 fully saturated rings. The fraction of sp³-hybridized carbons (Fsp3) is 0.388. The highest BCUT2D eigenvalue weighted by Crippen LogP contribution is 2.76. The van der Waals surface area contributed by atoms with Gasteiger partial charge in [0.2, 0.25) is 0 Å². The summed E-state index contributed by atoms with van der Waals surface area (Å²) >= 11 is 0. The molecule has 0 aliphatic heterocycles. The van der Waals surface area contributed by atoms with Crippen LogP contribution in [0.3, 0.4) is 0 Å². The quantitative estimate of drug-likeness (QED) is 0.116. The number of para-hydroxylation sites is 2. The number of rotatable bonds is 0. The van der Waals surface area contributed by atoms with E-state index in [1.807, 2.05) is 36.4 Å². The van der Waals surface area contributed by atoms with Crippen LogP contribution in [0.5, 0.6) is 0 Å². The summed E-state index contributed by atoms with van der Waals surface area (Å²) in [4.78, 5) is 42.0. The molecule has 55 heavy (non-hydrogen) atoms. The monoisotopic (exact) mass is 714 g/mol. The number of aromatic nitrogens is 4.